The minimum Gasteiger partial charge on any atom is -0.378 e. The molecule has 2 heterocycles. The number of nitrogens with zero attached hydrogens (tertiary/aromatic N) is 2. The Balaban J connectivity index is 1.77. The zero-order valence-corrected chi connectivity index (χ0v) is 16.9. The van der Waals surface area contributed by atoms with Crippen LogP contribution < -0.4 is 10.2 Å². The predicted octanol–water partition coefficient (Wildman–Crippen LogP) is 5.34. The van der Waals surface area contributed by atoms with Crippen LogP contribution in [0.1, 0.15) is 37.7 Å². The van der Waals surface area contributed by atoms with Crippen molar-refractivity contribution < 1.29 is 4.79 Å². The van der Waals surface area contributed by atoms with Gasteiger partial charge in [0.25, 0.3) is 0 Å². The summed E-state index contributed by atoms with van der Waals surface area (Å²) in [4.78, 5) is 21.8. The van der Waals surface area contributed by atoms with Gasteiger partial charge >= 0.3 is 0 Å². The number of amides is 1. The van der Waals surface area contributed by atoms with Gasteiger partial charge in [-0.1, -0.05) is 17.7 Å². The van der Waals surface area contributed by atoms with E-state index < -0.39 is 0 Å². The van der Waals surface area contributed by atoms with E-state index in [0.29, 0.717) is 5.02 Å². The largest absolute Gasteiger partial charge is 0.378 e. The zero-order chi connectivity index (χ0) is 19.8. The number of aromatic amines is 1. The van der Waals surface area contributed by atoms with Crippen molar-refractivity contribution in [1.29, 1.82) is 0 Å². The molecule has 4 rings (SSSR count). The summed E-state index contributed by atoms with van der Waals surface area (Å²) in [5.74, 6) is 0.936. The first kappa shape index (κ1) is 18.6. The smallest absolute Gasteiger partial charge is 0.224 e. The minimum atomic E-state index is 0.0591. The Morgan fingerprint density at radius 3 is 2.64 bits per heavy atom. The van der Waals surface area contributed by atoms with Crippen LogP contribution in [0, 0.1) is 6.92 Å². The number of fused-ring (bicyclic) bond motifs is 1. The van der Waals surface area contributed by atoms with Crippen molar-refractivity contribution in [3.8, 4) is 11.3 Å². The number of hydrogen-bond donors (Lipinski definition) is 2. The number of carbonyl (C=O) groups excluding carboxylic acids is 1. The Bertz CT molecular complexity index is 1010. The second-order valence-corrected chi connectivity index (χ2v) is 7.77. The Morgan fingerprint density at radius 1 is 1.25 bits per heavy atom. The van der Waals surface area contributed by atoms with Gasteiger partial charge in [-0.3, -0.25) is 4.79 Å². The average Bonchev–Trinajstić information content (AvgIpc) is 3.09. The van der Waals surface area contributed by atoms with Crippen molar-refractivity contribution in [2.24, 2.45) is 0 Å². The molecule has 2 N–H and O–H groups in total. The summed E-state index contributed by atoms with van der Waals surface area (Å²) in [6, 6.07) is 14.1. The summed E-state index contributed by atoms with van der Waals surface area (Å²) < 4.78 is 0. The molecule has 1 amide bonds. The second-order valence-electron chi connectivity index (χ2n) is 7.33. The molecule has 0 spiro atoms. The lowest BCUT2D eigenvalue weighted by molar-refractivity contribution is -0.117. The van der Waals surface area contributed by atoms with Crippen LogP contribution in [0.5, 0.6) is 0 Å². The van der Waals surface area contributed by atoms with Gasteiger partial charge in [-0.15, -0.1) is 0 Å². The molecule has 28 heavy (non-hydrogen) atoms. The van der Waals surface area contributed by atoms with Gasteiger partial charge in [0.05, 0.1) is 17.9 Å². The van der Waals surface area contributed by atoms with E-state index in [-0.39, 0.29) is 18.0 Å². The van der Waals surface area contributed by atoms with Crippen molar-refractivity contribution in [1.82, 2.24) is 9.97 Å². The number of carbonyl (C=O) groups is 1. The van der Waals surface area contributed by atoms with E-state index in [1.807, 2.05) is 54.4 Å². The molecule has 0 radical (unpaired) electrons. The highest BCUT2D eigenvalue weighted by Gasteiger charge is 2.32. The molecule has 2 atom stereocenters. The number of anilines is 2. The molecule has 144 valence electrons. The summed E-state index contributed by atoms with van der Waals surface area (Å²) in [6.07, 6.45) is 2.66. The fourth-order valence-corrected chi connectivity index (χ4v) is 4.09. The van der Waals surface area contributed by atoms with Crippen LogP contribution in [0.15, 0.2) is 48.7 Å². The van der Waals surface area contributed by atoms with Crippen LogP contribution in [0.3, 0.4) is 0 Å². The van der Waals surface area contributed by atoms with Gasteiger partial charge in [0.2, 0.25) is 5.91 Å². The molecule has 1 aliphatic heterocycles. The lowest BCUT2D eigenvalue weighted by Gasteiger charge is -2.39. The average molecular weight is 395 g/mol. The fourth-order valence-electron chi connectivity index (χ4n) is 3.96. The molecule has 0 aliphatic carbocycles. The van der Waals surface area contributed by atoms with Crippen LogP contribution in [-0.2, 0) is 4.79 Å². The third-order valence-electron chi connectivity index (χ3n) is 5.22. The van der Waals surface area contributed by atoms with Gasteiger partial charge in [-0.25, -0.2) is 4.98 Å². The third kappa shape index (κ3) is 3.50. The predicted molar refractivity (Wildman–Crippen MR) is 114 cm³/mol. The first-order chi connectivity index (χ1) is 13.4. The quantitative estimate of drug-likeness (QED) is 0.630. The Labute approximate surface area is 169 Å². The van der Waals surface area contributed by atoms with Crippen molar-refractivity contribution >= 4 is 28.9 Å². The topological polar surface area (TPSA) is 61.0 Å². The number of H-pyrrole nitrogens is 1. The lowest BCUT2D eigenvalue weighted by Crippen LogP contribution is -2.43. The number of halogens is 1. The van der Waals surface area contributed by atoms with Gasteiger partial charge < -0.3 is 15.2 Å². The third-order valence-corrected chi connectivity index (χ3v) is 5.47. The molecule has 3 aromatic rings. The number of rotatable bonds is 3. The van der Waals surface area contributed by atoms with E-state index >= 15 is 0 Å². The standard InChI is InChI=1S/C22H23ClN4O/c1-13-10-20(26-18-7-5-17(23)6-8-18)19-11-16(21-12-24-14(2)25-21)4-9-22(19)27(13)15(3)28/h4-9,11-13,20,26H,10H2,1-3H3,(H,24,25). The van der Waals surface area contributed by atoms with E-state index in [1.54, 1.807) is 6.92 Å². The summed E-state index contributed by atoms with van der Waals surface area (Å²) in [5, 5.41) is 4.33. The van der Waals surface area contributed by atoms with Gasteiger partial charge in [-0.2, -0.15) is 0 Å². The highest BCUT2D eigenvalue weighted by molar-refractivity contribution is 6.30. The van der Waals surface area contributed by atoms with E-state index in [2.05, 4.69) is 28.3 Å². The number of imidazole rings is 1. The summed E-state index contributed by atoms with van der Waals surface area (Å²) in [5.41, 5.74) is 5.09. The lowest BCUT2D eigenvalue weighted by atomic mass is 9.89. The molecular formula is C22H23ClN4O. The molecule has 0 bridgehead atoms. The molecule has 0 saturated heterocycles. The highest BCUT2D eigenvalue weighted by atomic mass is 35.5. The van der Waals surface area contributed by atoms with E-state index in [1.165, 1.54) is 0 Å². The first-order valence-electron chi connectivity index (χ1n) is 9.40. The second kappa shape index (κ2) is 7.32. The molecule has 1 aromatic heterocycles. The monoisotopic (exact) mass is 394 g/mol. The van der Waals surface area contributed by atoms with E-state index in [0.717, 1.165) is 40.4 Å². The highest BCUT2D eigenvalue weighted by Crippen LogP contribution is 2.41. The van der Waals surface area contributed by atoms with Gasteiger partial charge in [0.1, 0.15) is 5.82 Å². The van der Waals surface area contributed by atoms with Crippen LogP contribution >= 0.6 is 11.6 Å². The Hall–Kier alpha value is -2.79. The number of aromatic nitrogens is 2. The van der Waals surface area contributed by atoms with E-state index in [9.17, 15) is 4.79 Å². The maximum atomic E-state index is 12.3. The normalized spacial score (nSPS) is 18.6. The molecule has 2 aromatic carbocycles. The summed E-state index contributed by atoms with van der Waals surface area (Å²) >= 11 is 6.02. The molecule has 6 heteroatoms. The van der Waals surface area contributed by atoms with Crippen molar-refractivity contribution in [2.75, 3.05) is 10.2 Å². The van der Waals surface area contributed by atoms with Crippen molar-refractivity contribution in [3.63, 3.8) is 0 Å². The molecule has 5 nitrogen and oxygen atoms in total. The molecule has 1 aliphatic rings. The SMILES string of the molecule is CC(=O)N1c2ccc(-c3cnc(C)[nH]3)cc2C(Nc2ccc(Cl)cc2)CC1C. The summed E-state index contributed by atoms with van der Waals surface area (Å²) in [6.45, 7) is 5.65. The fraction of sp³-hybridized carbons (Fsp3) is 0.273. The molecule has 0 saturated carbocycles. The number of aryl methyl sites for hydroxylation is 1. The maximum Gasteiger partial charge on any atom is 0.224 e. The van der Waals surface area contributed by atoms with E-state index in [4.69, 9.17) is 11.6 Å². The molecule has 0 fully saturated rings. The number of nitrogens with one attached hydrogen (secondary N) is 2. The minimum absolute atomic E-state index is 0.0591. The Morgan fingerprint density at radius 2 is 2.00 bits per heavy atom. The number of benzene rings is 2. The van der Waals surface area contributed by atoms with Crippen molar-refractivity contribution in [3.05, 3.63) is 65.1 Å². The first-order valence-corrected chi connectivity index (χ1v) is 9.78. The Kier molecular flexibility index (Phi) is 4.85. The zero-order valence-electron chi connectivity index (χ0n) is 16.2. The van der Waals surface area contributed by atoms with Gasteiger partial charge in [0, 0.05) is 34.9 Å². The molecule has 2 unspecified atom stereocenters. The summed E-state index contributed by atoms with van der Waals surface area (Å²) in [7, 11) is 0. The number of hydrogen-bond acceptors (Lipinski definition) is 3. The van der Waals surface area contributed by atoms with Gasteiger partial charge in [0.15, 0.2) is 0 Å². The van der Waals surface area contributed by atoms with Crippen LogP contribution in [-0.4, -0.2) is 21.9 Å². The van der Waals surface area contributed by atoms with Crippen molar-refractivity contribution in [2.45, 2.75) is 39.3 Å². The van der Waals surface area contributed by atoms with Crippen LogP contribution in [0.25, 0.3) is 11.3 Å². The maximum absolute atomic E-state index is 12.3. The van der Waals surface area contributed by atoms with Gasteiger partial charge in [-0.05, 0) is 62.2 Å². The molecular weight excluding hydrogens is 372 g/mol. The van der Waals surface area contributed by atoms with Crippen LogP contribution in [0.2, 0.25) is 5.02 Å². The van der Waals surface area contributed by atoms with Crippen LogP contribution in [0.4, 0.5) is 11.4 Å².